The van der Waals surface area contributed by atoms with Crippen molar-refractivity contribution in [3.05, 3.63) is 24.3 Å². The van der Waals surface area contributed by atoms with Gasteiger partial charge in [-0.3, -0.25) is 0 Å². The molecule has 1 heterocycles. The summed E-state index contributed by atoms with van der Waals surface area (Å²) < 4.78 is 17.2. The van der Waals surface area contributed by atoms with Crippen LogP contribution in [-0.4, -0.2) is 38.5 Å². The summed E-state index contributed by atoms with van der Waals surface area (Å²) in [5.74, 6) is 1.75. The van der Waals surface area contributed by atoms with Gasteiger partial charge in [-0.2, -0.15) is 0 Å². The van der Waals surface area contributed by atoms with Gasteiger partial charge < -0.3 is 19.5 Å². The van der Waals surface area contributed by atoms with Crippen LogP contribution in [0, 0.1) is 0 Å². The molecular formula is C17H27NO3. The molecule has 1 aliphatic heterocycles. The van der Waals surface area contributed by atoms with Crippen molar-refractivity contribution in [2.75, 3.05) is 26.3 Å². The van der Waals surface area contributed by atoms with Crippen molar-refractivity contribution in [1.29, 1.82) is 0 Å². The molecule has 4 heteroatoms. The third kappa shape index (κ3) is 5.56. The first-order valence-electron chi connectivity index (χ1n) is 8.03. The van der Waals surface area contributed by atoms with Crippen LogP contribution in [0.3, 0.4) is 0 Å². The Morgan fingerprint density at radius 1 is 1.05 bits per heavy atom. The molecule has 1 aliphatic rings. The standard InChI is InChI=1S/C17H27NO3/c1-3-11-18-12-16-9-10-17(21-16)13-20-15-7-5-14(6-8-15)19-4-2/h5-8,16-18H,3-4,9-13H2,1-2H3. The molecule has 1 fully saturated rings. The molecule has 0 bridgehead atoms. The van der Waals surface area contributed by atoms with Crippen molar-refractivity contribution in [3.63, 3.8) is 0 Å². The molecule has 0 spiro atoms. The summed E-state index contributed by atoms with van der Waals surface area (Å²) in [7, 11) is 0. The molecular weight excluding hydrogens is 266 g/mol. The maximum absolute atomic E-state index is 5.98. The summed E-state index contributed by atoms with van der Waals surface area (Å²) >= 11 is 0. The van der Waals surface area contributed by atoms with E-state index in [9.17, 15) is 0 Å². The van der Waals surface area contributed by atoms with Crippen LogP contribution in [0.5, 0.6) is 11.5 Å². The second kappa shape index (κ2) is 8.90. The van der Waals surface area contributed by atoms with E-state index in [1.54, 1.807) is 0 Å². The number of hydrogen-bond acceptors (Lipinski definition) is 4. The topological polar surface area (TPSA) is 39.7 Å². The Kier molecular flexibility index (Phi) is 6.83. The molecule has 1 saturated heterocycles. The maximum Gasteiger partial charge on any atom is 0.119 e. The van der Waals surface area contributed by atoms with Crippen molar-refractivity contribution in [2.24, 2.45) is 0 Å². The van der Waals surface area contributed by atoms with Gasteiger partial charge in [-0.15, -0.1) is 0 Å². The average Bonchev–Trinajstić information content (AvgIpc) is 2.95. The van der Waals surface area contributed by atoms with E-state index in [1.807, 2.05) is 31.2 Å². The zero-order valence-electron chi connectivity index (χ0n) is 13.1. The Hall–Kier alpha value is -1.26. The molecule has 0 aliphatic carbocycles. The van der Waals surface area contributed by atoms with Crippen molar-refractivity contribution in [1.82, 2.24) is 5.32 Å². The van der Waals surface area contributed by atoms with Crippen molar-refractivity contribution < 1.29 is 14.2 Å². The Labute approximate surface area is 127 Å². The number of hydrogen-bond donors (Lipinski definition) is 1. The summed E-state index contributed by atoms with van der Waals surface area (Å²) in [5.41, 5.74) is 0. The zero-order valence-corrected chi connectivity index (χ0v) is 13.1. The molecule has 1 aromatic carbocycles. The third-order valence-corrected chi connectivity index (χ3v) is 3.56. The highest BCUT2D eigenvalue weighted by Gasteiger charge is 2.25. The zero-order chi connectivity index (χ0) is 14.9. The van der Waals surface area contributed by atoms with E-state index in [0.717, 1.165) is 43.9 Å². The minimum absolute atomic E-state index is 0.213. The number of nitrogens with one attached hydrogen (secondary N) is 1. The van der Waals surface area contributed by atoms with Crippen molar-refractivity contribution >= 4 is 0 Å². The van der Waals surface area contributed by atoms with Crippen LogP contribution in [0.4, 0.5) is 0 Å². The van der Waals surface area contributed by atoms with Gasteiger partial charge in [-0.1, -0.05) is 6.92 Å². The van der Waals surface area contributed by atoms with Gasteiger partial charge in [-0.25, -0.2) is 0 Å². The molecule has 2 rings (SSSR count). The lowest BCUT2D eigenvalue weighted by Crippen LogP contribution is -2.28. The smallest absolute Gasteiger partial charge is 0.119 e. The van der Waals surface area contributed by atoms with Gasteiger partial charge in [0.1, 0.15) is 18.1 Å². The highest BCUT2D eigenvalue weighted by Crippen LogP contribution is 2.22. The monoisotopic (exact) mass is 293 g/mol. The molecule has 0 radical (unpaired) electrons. The summed E-state index contributed by atoms with van der Waals surface area (Å²) in [5, 5.41) is 3.41. The molecule has 1 aromatic rings. The van der Waals surface area contributed by atoms with Crippen LogP contribution in [-0.2, 0) is 4.74 Å². The minimum Gasteiger partial charge on any atom is -0.494 e. The van der Waals surface area contributed by atoms with Gasteiger partial charge in [0.15, 0.2) is 0 Å². The molecule has 1 N–H and O–H groups in total. The summed E-state index contributed by atoms with van der Waals surface area (Å²) in [6.45, 7) is 7.48. The van der Waals surface area contributed by atoms with Crippen LogP contribution in [0.2, 0.25) is 0 Å². The van der Waals surface area contributed by atoms with Crippen LogP contribution in [0.1, 0.15) is 33.1 Å². The summed E-state index contributed by atoms with van der Waals surface area (Å²) in [4.78, 5) is 0. The summed E-state index contributed by atoms with van der Waals surface area (Å²) in [6, 6.07) is 7.76. The Balaban J connectivity index is 1.66. The fourth-order valence-electron chi connectivity index (χ4n) is 2.48. The Bertz CT molecular complexity index is 394. The molecule has 0 amide bonds. The molecule has 21 heavy (non-hydrogen) atoms. The van der Waals surface area contributed by atoms with Crippen LogP contribution in [0.15, 0.2) is 24.3 Å². The lowest BCUT2D eigenvalue weighted by atomic mass is 10.2. The van der Waals surface area contributed by atoms with Gasteiger partial charge in [0, 0.05) is 6.54 Å². The van der Waals surface area contributed by atoms with E-state index >= 15 is 0 Å². The first-order chi connectivity index (χ1) is 10.3. The number of ether oxygens (including phenoxy) is 3. The predicted octanol–water partition coefficient (Wildman–Crippen LogP) is 3.01. The van der Waals surface area contributed by atoms with Crippen molar-refractivity contribution in [3.8, 4) is 11.5 Å². The lowest BCUT2D eigenvalue weighted by molar-refractivity contribution is 0.0186. The molecule has 118 valence electrons. The van der Waals surface area contributed by atoms with Gasteiger partial charge in [0.05, 0.1) is 18.8 Å². The molecule has 4 nitrogen and oxygen atoms in total. The van der Waals surface area contributed by atoms with E-state index in [2.05, 4.69) is 12.2 Å². The van der Waals surface area contributed by atoms with E-state index in [1.165, 1.54) is 0 Å². The second-order valence-corrected chi connectivity index (χ2v) is 5.38. The summed E-state index contributed by atoms with van der Waals surface area (Å²) in [6.07, 6.45) is 3.91. The second-order valence-electron chi connectivity index (χ2n) is 5.38. The molecule has 0 aromatic heterocycles. The van der Waals surface area contributed by atoms with Gasteiger partial charge in [0.25, 0.3) is 0 Å². The van der Waals surface area contributed by atoms with Crippen LogP contribution < -0.4 is 14.8 Å². The highest BCUT2D eigenvalue weighted by atomic mass is 16.5. The van der Waals surface area contributed by atoms with Gasteiger partial charge in [0.2, 0.25) is 0 Å². The highest BCUT2D eigenvalue weighted by molar-refractivity contribution is 5.31. The quantitative estimate of drug-likeness (QED) is 0.711. The molecule has 2 atom stereocenters. The minimum atomic E-state index is 0.213. The van der Waals surface area contributed by atoms with E-state index in [4.69, 9.17) is 14.2 Å². The normalized spacial score (nSPS) is 21.4. The molecule has 0 saturated carbocycles. The van der Waals surface area contributed by atoms with Crippen molar-refractivity contribution in [2.45, 2.75) is 45.3 Å². The largest absolute Gasteiger partial charge is 0.494 e. The predicted molar refractivity (Wildman–Crippen MR) is 84.2 cm³/mol. The maximum atomic E-state index is 5.98. The van der Waals surface area contributed by atoms with Gasteiger partial charge in [-0.05, 0) is 57.0 Å². The number of benzene rings is 1. The van der Waals surface area contributed by atoms with Crippen LogP contribution in [0.25, 0.3) is 0 Å². The SMILES string of the molecule is CCCNCC1CCC(COc2ccc(OCC)cc2)O1. The van der Waals surface area contributed by atoms with Gasteiger partial charge >= 0.3 is 0 Å². The van der Waals surface area contributed by atoms with E-state index in [0.29, 0.717) is 19.3 Å². The Morgan fingerprint density at radius 2 is 1.71 bits per heavy atom. The fraction of sp³-hybridized carbons (Fsp3) is 0.647. The van der Waals surface area contributed by atoms with E-state index in [-0.39, 0.29) is 6.10 Å². The fourth-order valence-corrected chi connectivity index (χ4v) is 2.48. The first-order valence-corrected chi connectivity index (χ1v) is 8.03. The number of rotatable bonds is 9. The Morgan fingerprint density at radius 3 is 2.38 bits per heavy atom. The first kappa shape index (κ1) is 16.1. The van der Waals surface area contributed by atoms with E-state index < -0.39 is 0 Å². The third-order valence-electron chi connectivity index (χ3n) is 3.56. The molecule has 2 unspecified atom stereocenters. The van der Waals surface area contributed by atoms with Crippen LogP contribution >= 0.6 is 0 Å². The lowest BCUT2D eigenvalue weighted by Gasteiger charge is -2.15. The average molecular weight is 293 g/mol.